The molecule has 106 valence electrons. The molecule has 1 aromatic heterocycles. The number of nitrogens with one attached hydrogen (secondary N) is 1. The number of nitrogens with zero attached hydrogens (tertiary/aromatic N) is 1. The van der Waals surface area contributed by atoms with Crippen LogP contribution in [0.1, 0.15) is 19.3 Å². The predicted octanol–water partition coefficient (Wildman–Crippen LogP) is 4.06. The van der Waals surface area contributed by atoms with E-state index in [9.17, 15) is 0 Å². The Morgan fingerprint density at radius 2 is 2.15 bits per heavy atom. The highest BCUT2D eigenvalue weighted by Gasteiger charge is 2.41. The van der Waals surface area contributed by atoms with E-state index in [2.05, 4.69) is 16.4 Å². The molecule has 1 aliphatic carbocycles. The number of pyridine rings is 1. The van der Waals surface area contributed by atoms with E-state index in [1.165, 1.54) is 12.8 Å². The van der Waals surface area contributed by atoms with E-state index in [-0.39, 0.29) is 0 Å². The highest BCUT2D eigenvalue weighted by atomic mass is 35.5. The Hall–Kier alpha value is -1.48. The van der Waals surface area contributed by atoms with E-state index < -0.39 is 0 Å². The number of anilines is 1. The van der Waals surface area contributed by atoms with Crippen LogP contribution in [0.2, 0.25) is 0 Å². The highest BCUT2D eigenvalue weighted by molar-refractivity contribution is 6.17. The number of rotatable bonds is 6. The number of alkyl halides is 1. The van der Waals surface area contributed by atoms with Crippen LogP contribution < -0.4 is 10.1 Å². The molecule has 3 nitrogen and oxygen atoms in total. The Morgan fingerprint density at radius 3 is 2.85 bits per heavy atom. The van der Waals surface area contributed by atoms with Gasteiger partial charge >= 0.3 is 0 Å². The maximum atomic E-state index is 5.88. The molecule has 20 heavy (non-hydrogen) atoms. The van der Waals surface area contributed by atoms with Crippen LogP contribution in [0, 0.1) is 5.41 Å². The zero-order valence-electron chi connectivity index (χ0n) is 11.7. The monoisotopic (exact) mass is 290 g/mol. The summed E-state index contributed by atoms with van der Waals surface area (Å²) in [5, 5.41) is 5.70. The van der Waals surface area contributed by atoms with Crippen LogP contribution in [-0.2, 0) is 0 Å². The van der Waals surface area contributed by atoms with Gasteiger partial charge in [0.1, 0.15) is 11.6 Å². The number of methoxy groups -OCH3 is 1. The van der Waals surface area contributed by atoms with Crippen molar-refractivity contribution in [3.8, 4) is 5.75 Å². The van der Waals surface area contributed by atoms with Gasteiger partial charge in [0.25, 0.3) is 0 Å². The molecule has 4 heteroatoms. The van der Waals surface area contributed by atoms with Crippen molar-refractivity contribution in [1.82, 2.24) is 4.98 Å². The van der Waals surface area contributed by atoms with Gasteiger partial charge in [-0.05, 0) is 36.8 Å². The van der Waals surface area contributed by atoms with Crippen molar-refractivity contribution in [3.05, 3.63) is 30.5 Å². The number of halogens is 1. The predicted molar refractivity (Wildman–Crippen MR) is 83.8 cm³/mol. The summed E-state index contributed by atoms with van der Waals surface area (Å²) in [7, 11) is 1.70. The first-order valence-electron chi connectivity index (χ1n) is 7.00. The Morgan fingerprint density at radius 1 is 1.30 bits per heavy atom. The van der Waals surface area contributed by atoms with Gasteiger partial charge in [-0.1, -0.05) is 12.1 Å². The fraction of sp³-hybridized carbons (Fsp3) is 0.438. The van der Waals surface area contributed by atoms with Gasteiger partial charge in [0.2, 0.25) is 0 Å². The summed E-state index contributed by atoms with van der Waals surface area (Å²) in [5.41, 5.74) is 0.393. The van der Waals surface area contributed by atoms with E-state index >= 15 is 0 Å². The van der Waals surface area contributed by atoms with Gasteiger partial charge in [-0.15, -0.1) is 11.6 Å². The van der Waals surface area contributed by atoms with E-state index in [0.717, 1.165) is 41.2 Å². The normalized spacial score (nSPS) is 16.1. The highest BCUT2D eigenvalue weighted by Crippen LogP contribution is 2.49. The van der Waals surface area contributed by atoms with Crippen molar-refractivity contribution in [1.29, 1.82) is 0 Å². The second kappa shape index (κ2) is 5.49. The molecule has 3 rings (SSSR count). The van der Waals surface area contributed by atoms with Gasteiger partial charge < -0.3 is 10.1 Å². The first kappa shape index (κ1) is 13.5. The molecule has 1 aromatic carbocycles. The van der Waals surface area contributed by atoms with Gasteiger partial charge in [-0.2, -0.15) is 0 Å². The van der Waals surface area contributed by atoms with Crippen LogP contribution >= 0.6 is 11.6 Å². The minimum Gasteiger partial charge on any atom is -0.496 e. The lowest BCUT2D eigenvalue weighted by molar-refractivity contribution is 0.420. The Labute approximate surface area is 124 Å². The first-order valence-corrected chi connectivity index (χ1v) is 7.53. The maximum absolute atomic E-state index is 5.88. The van der Waals surface area contributed by atoms with Gasteiger partial charge in [0.15, 0.2) is 0 Å². The van der Waals surface area contributed by atoms with Crippen molar-refractivity contribution in [2.75, 3.05) is 24.9 Å². The van der Waals surface area contributed by atoms with Gasteiger partial charge in [-0.25, -0.2) is 4.98 Å². The molecule has 1 heterocycles. The molecule has 1 N–H and O–H groups in total. The quantitative estimate of drug-likeness (QED) is 0.815. The molecule has 0 bridgehead atoms. The molecular weight excluding hydrogens is 272 g/mol. The van der Waals surface area contributed by atoms with E-state index in [0.29, 0.717) is 5.41 Å². The van der Waals surface area contributed by atoms with Crippen LogP contribution in [0.4, 0.5) is 5.82 Å². The largest absolute Gasteiger partial charge is 0.496 e. The average Bonchev–Trinajstić information content (AvgIpc) is 3.25. The van der Waals surface area contributed by atoms with Gasteiger partial charge in [0.05, 0.1) is 7.11 Å². The Balaban J connectivity index is 1.85. The minimum absolute atomic E-state index is 0.393. The second-order valence-corrected chi connectivity index (χ2v) is 5.89. The molecule has 0 amide bonds. The van der Waals surface area contributed by atoms with Crippen LogP contribution in [-0.4, -0.2) is 24.5 Å². The van der Waals surface area contributed by atoms with Crippen molar-refractivity contribution < 1.29 is 4.74 Å². The molecule has 1 fully saturated rings. The van der Waals surface area contributed by atoms with Gasteiger partial charge in [0, 0.05) is 29.4 Å². The fourth-order valence-electron chi connectivity index (χ4n) is 2.66. The summed E-state index contributed by atoms with van der Waals surface area (Å²) in [6.07, 6.45) is 5.44. The van der Waals surface area contributed by atoms with Crippen LogP contribution in [0.25, 0.3) is 10.8 Å². The van der Waals surface area contributed by atoms with Crippen LogP contribution in [0.15, 0.2) is 30.5 Å². The average molecular weight is 291 g/mol. The summed E-state index contributed by atoms with van der Waals surface area (Å²) < 4.78 is 5.41. The van der Waals surface area contributed by atoms with E-state index in [4.69, 9.17) is 16.3 Å². The molecule has 0 radical (unpaired) electrons. The molecule has 2 aromatic rings. The molecule has 0 unspecified atom stereocenters. The van der Waals surface area contributed by atoms with Crippen molar-refractivity contribution in [2.45, 2.75) is 19.3 Å². The summed E-state index contributed by atoms with van der Waals surface area (Å²) in [4.78, 5) is 4.47. The maximum Gasteiger partial charge on any atom is 0.133 e. The number of benzene rings is 1. The van der Waals surface area contributed by atoms with E-state index in [1.807, 2.05) is 24.4 Å². The minimum atomic E-state index is 0.393. The third-order valence-corrected chi connectivity index (χ3v) is 4.39. The van der Waals surface area contributed by atoms with Gasteiger partial charge in [-0.3, -0.25) is 0 Å². The van der Waals surface area contributed by atoms with Crippen LogP contribution in [0.3, 0.4) is 0 Å². The smallest absolute Gasteiger partial charge is 0.133 e. The van der Waals surface area contributed by atoms with Crippen molar-refractivity contribution in [3.63, 3.8) is 0 Å². The lowest BCUT2D eigenvalue weighted by atomic mass is 10.0. The number of hydrogen-bond acceptors (Lipinski definition) is 3. The molecular formula is C16H19ClN2O. The molecule has 1 aliphatic rings. The zero-order valence-corrected chi connectivity index (χ0v) is 12.4. The lowest BCUT2D eigenvalue weighted by Crippen LogP contribution is -2.16. The molecule has 0 atom stereocenters. The van der Waals surface area contributed by atoms with E-state index in [1.54, 1.807) is 7.11 Å². The summed E-state index contributed by atoms with van der Waals surface area (Å²) in [6.45, 7) is 0.947. The van der Waals surface area contributed by atoms with Crippen molar-refractivity contribution in [2.24, 2.45) is 5.41 Å². The second-order valence-electron chi connectivity index (χ2n) is 5.51. The molecule has 0 spiro atoms. The Bertz CT molecular complexity index is 610. The summed E-state index contributed by atoms with van der Waals surface area (Å²) in [6, 6.07) is 8.04. The number of fused-ring (bicyclic) bond motifs is 1. The molecule has 0 aliphatic heterocycles. The summed E-state index contributed by atoms with van der Waals surface area (Å²) in [5.74, 6) is 2.55. The third kappa shape index (κ3) is 2.55. The van der Waals surface area contributed by atoms with Crippen LogP contribution in [0.5, 0.6) is 5.75 Å². The Kier molecular flexibility index (Phi) is 3.70. The third-order valence-electron chi connectivity index (χ3n) is 4.20. The summed E-state index contributed by atoms with van der Waals surface area (Å²) >= 11 is 5.88. The molecule has 0 saturated heterocycles. The zero-order chi connectivity index (χ0) is 14.0. The molecule has 1 saturated carbocycles. The fourth-order valence-corrected chi connectivity index (χ4v) is 3.06. The lowest BCUT2D eigenvalue weighted by Gasteiger charge is -2.16. The topological polar surface area (TPSA) is 34.1 Å². The first-order chi connectivity index (χ1) is 9.78. The number of aromatic nitrogens is 1. The van der Waals surface area contributed by atoms with Crippen molar-refractivity contribution >= 4 is 28.2 Å². The standard InChI is InChI=1S/C16H19ClN2O/c1-20-14-4-2-3-13-12(14)5-10-18-15(13)19-11-16(6-7-16)8-9-17/h2-5,10H,6-9,11H2,1H3,(H,18,19). The number of ether oxygens (including phenoxy) is 1. The SMILES string of the molecule is COc1cccc2c(NCC3(CCCl)CC3)nccc12. The number of hydrogen-bond donors (Lipinski definition) is 1.